The molecule has 104 valence electrons. The molecule has 1 saturated heterocycles. The molecule has 0 bridgehead atoms. The standard InChI is InChI=1S/C15H22N2O2/c1-15(2)10-17(9-8-13(15)16)12-7-5-4-6-11(12)14(18)19-3/h4-7,13H,8-10,16H2,1-3H3. The number of para-hydroxylation sites is 1. The lowest BCUT2D eigenvalue weighted by Crippen LogP contribution is -2.52. The van der Waals surface area contributed by atoms with Gasteiger partial charge in [0.25, 0.3) is 0 Å². The van der Waals surface area contributed by atoms with Crippen LogP contribution >= 0.6 is 0 Å². The van der Waals surface area contributed by atoms with E-state index >= 15 is 0 Å². The van der Waals surface area contributed by atoms with Gasteiger partial charge in [-0.15, -0.1) is 0 Å². The molecule has 1 unspecified atom stereocenters. The number of carbonyl (C=O) groups excluding carboxylic acids is 1. The fourth-order valence-electron chi connectivity index (χ4n) is 2.61. The predicted octanol–water partition coefficient (Wildman–Crippen LogP) is 2.04. The Morgan fingerprint density at radius 1 is 1.42 bits per heavy atom. The van der Waals surface area contributed by atoms with E-state index < -0.39 is 0 Å². The molecule has 0 amide bonds. The summed E-state index contributed by atoms with van der Waals surface area (Å²) in [5, 5.41) is 0. The fraction of sp³-hybridized carbons (Fsp3) is 0.533. The summed E-state index contributed by atoms with van der Waals surface area (Å²) in [6, 6.07) is 7.79. The highest BCUT2D eigenvalue weighted by molar-refractivity contribution is 5.95. The van der Waals surface area contributed by atoms with Gasteiger partial charge < -0.3 is 15.4 Å². The molecule has 1 fully saturated rings. The van der Waals surface area contributed by atoms with Crippen molar-refractivity contribution in [2.24, 2.45) is 11.1 Å². The Hall–Kier alpha value is -1.55. The first-order valence-electron chi connectivity index (χ1n) is 6.63. The molecule has 1 aromatic carbocycles. The van der Waals surface area contributed by atoms with E-state index in [-0.39, 0.29) is 17.4 Å². The minimum atomic E-state index is -0.289. The van der Waals surface area contributed by atoms with E-state index in [0.717, 1.165) is 25.2 Å². The summed E-state index contributed by atoms with van der Waals surface area (Å²) >= 11 is 0. The number of carbonyl (C=O) groups is 1. The predicted molar refractivity (Wildman–Crippen MR) is 76.4 cm³/mol. The Balaban J connectivity index is 2.30. The van der Waals surface area contributed by atoms with E-state index in [1.54, 1.807) is 0 Å². The number of hydrogen-bond acceptors (Lipinski definition) is 4. The first-order valence-corrected chi connectivity index (χ1v) is 6.63. The minimum absolute atomic E-state index is 0.0431. The molecule has 0 radical (unpaired) electrons. The lowest BCUT2D eigenvalue weighted by molar-refractivity contribution is 0.0601. The molecule has 2 rings (SSSR count). The van der Waals surface area contributed by atoms with Crippen LogP contribution in [0.1, 0.15) is 30.6 Å². The van der Waals surface area contributed by atoms with Crippen molar-refractivity contribution in [2.75, 3.05) is 25.1 Å². The van der Waals surface area contributed by atoms with Crippen LogP contribution in [0.4, 0.5) is 5.69 Å². The monoisotopic (exact) mass is 262 g/mol. The number of piperidine rings is 1. The summed E-state index contributed by atoms with van der Waals surface area (Å²) in [6.07, 6.45) is 0.933. The average molecular weight is 262 g/mol. The van der Waals surface area contributed by atoms with Crippen LogP contribution < -0.4 is 10.6 Å². The number of ether oxygens (including phenoxy) is 1. The molecule has 0 aromatic heterocycles. The lowest BCUT2D eigenvalue weighted by atomic mass is 9.79. The Morgan fingerprint density at radius 2 is 2.11 bits per heavy atom. The molecular formula is C15H22N2O2. The summed E-state index contributed by atoms with van der Waals surface area (Å²) < 4.78 is 4.85. The van der Waals surface area contributed by atoms with E-state index in [2.05, 4.69) is 18.7 Å². The van der Waals surface area contributed by atoms with E-state index in [4.69, 9.17) is 10.5 Å². The number of esters is 1. The molecule has 4 nitrogen and oxygen atoms in total. The highest BCUT2D eigenvalue weighted by atomic mass is 16.5. The number of rotatable bonds is 2. The van der Waals surface area contributed by atoms with Gasteiger partial charge in [0, 0.05) is 19.1 Å². The van der Waals surface area contributed by atoms with E-state index in [0.29, 0.717) is 5.56 Å². The van der Waals surface area contributed by atoms with Crippen LogP contribution in [-0.2, 0) is 4.74 Å². The van der Waals surface area contributed by atoms with Crippen molar-refractivity contribution >= 4 is 11.7 Å². The molecule has 1 aliphatic rings. The Labute approximate surface area is 114 Å². The van der Waals surface area contributed by atoms with Crippen molar-refractivity contribution in [1.29, 1.82) is 0 Å². The van der Waals surface area contributed by atoms with Crippen molar-refractivity contribution in [3.8, 4) is 0 Å². The van der Waals surface area contributed by atoms with E-state index in [9.17, 15) is 4.79 Å². The Morgan fingerprint density at radius 3 is 2.74 bits per heavy atom. The number of methoxy groups -OCH3 is 1. The van der Waals surface area contributed by atoms with Gasteiger partial charge in [0.15, 0.2) is 0 Å². The number of benzene rings is 1. The van der Waals surface area contributed by atoms with Crippen molar-refractivity contribution in [3.05, 3.63) is 29.8 Å². The topological polar surface area (TPSA) is 55.6 Å². The van der Waals surface area contributed by atoms with Crippen LogP contribution in [0.3, 0.4) is 0 Å². The van der Waals surface area contributed by atoms with E-state index in [1.807, 2.05) is 24.3 Å². The van der Waals surface area contributed by atoms with Gasteiger partial charge in [-0.1, -0.05) is 26.0 Å². The van der Waals surface area contributed by atoms with Crippen molar-refractivity contribution in [2.45, 2.75) is 26.3 Å². The van der Waals surface area contributed by atoms with Crippen LogP contribution in [-0.4, -0.2) is 32.2 Å². The maximum atomic E-state index is 11.8. The molecule has 1 aromatic rings. The first kappa shape index (κ1) is 13.9. The second-order valence-electron chi connectivity index (χ2n) is 5.81. The second-order valence-corrected chi connectivity index (χ2v) is 5.81. The highest BCUT2D eigenvalue weighted by Crippen LogP contribution is 2.32. The summed E-state index contributed by atoms with van der Waals surface area (Å²) in [6.45, 7) is 6.07. The zero-order chi connectivity index (χ0) is 14.0. The third-order valence-corrected chi connectivity index (χ3v) is 3.96. The summed E-state index contributed by atoms with van der Waals surface area (Å²) in [4.78, 5) is 14.1. The van der Waals surface area contributed by atoms with Gasteiger partial charge in [-0.2, -0.15) is 0 Å². The zero-order valence-electron chi connectivity index (χ0n) is 11.8. The SMILES string of the molecule is COC(=O)c1ccccc1N1CCC(N)C(C)(C)C1. The molecule has 0 saturated carbocycles. The van der Waals surface area contributed by atoms with E-state index in [1.165, 1.54) is 7.11 Å². The van der Waals surface area contributed by atoms with Gasteiger partial charge in [0.05, 0.1) is 18.4 Å². The fourth-order valence-corrected chi connectivity index (χ4v) is 2.61. The van der Waals surface area contributed by atoms with Crippen LogP contribution in [0.2, 0.25) is 0 Å². The van der Waals surface area contributed by atoms with Crippen LogP contribution in [0.5, 0.6) is 0 Å². The number of hydrogen-bond donors (Lipinski definition) is 1. The molecule has 2 N–H and O–H groups in total. The van der Waals surface area contributed by atoms with Crippen LogP contribution in [0.25, 0.3) is 0 Å². The smallest absolute Gasteiger partial charge is 0.339 e. The maximum Gasteiger partial charge on any atom is 0.339 e. The Kier molecular flexibility index (Phi) is 3.80. The quantitative estimate of drug-likeness (QED) is 0.829. The minimum Gasteiger partial charge on any atom is -0.465 e. The van der Waals surface area contributed by atoms with Gasteiger partial charge in [-0.25, -0.2) is 4.79 Å². The summed E-state index contributed by atoms with van der Waals surface area (Å²) in [5.74, 6) is -0.289. The van der Waals surface area contributed by atoms with Gasteiger partial charge in [-0.3, -0.25) is 0 Å². The molecular weight excluding hydrogens is 240 g/mol. The van der Waals surface area contributed by atoms with Crippen LogP contribution in [0, 0.1) is 5.41 Å². The van der Waals surface area contributed by atoms with Gasteiger partial charge in [0.2, 0.25) is 0 Å². The average Bonchev–Trinajstić information content (AvgIpc) is 2.41. The molecule has 4 heteroatoms. The summed E-state index contributed by atoms with van der Waals surface area (Å²) in [5.41, 5.74) is 7.76. The third kappa shape index (κ3) is 2.73. The molecule has 1 atom stereocenters. The number of anilines is 1. The third-order valence-electron chi connectivity index (χ3n) is 3.96. The van der Waals surface area contributed by atoms with Crippen LogP contribution in [0.15, 0.2) is 24.3 Å². The lowest BCUT2D eigenvalue weighted by Gasteiger charge is -2.44. The van der Waals surface area contributed by atoms with Gasteiger partial charge in [-0.05, 0) is 24.0 Å². The maximum absolute atomic E-state index is 11.8. The number of nitrogens with zero attached hydrogens (tertiary/aromatic N) is 1. The second kappa shape index (κ2) is 5.21. The van der Waals surface area contributed by atoms with Gasteiger partial charge >= 0.3 is 5.97 Å². The molecule has 1 heterocycles. The largest absolute Gasteiger partial charge is 0.465 e. The van der Waals surface area contributed by atoms with Crippen molar-refractivity contribution < 1.29 is 9.53 Å². The first-order chi connectivity index (χ1) is 8.95. The normalized spacial score (nSPS) is 22.1. The zero-order valence-corrected chi connectivity index (χ0v) is 11.8. The Bertz CT molecular complexity index is 471. The number of nitrogens with two attached hydrogens (primary N) is 1. The molecule has 0 aliphatic carbocycles. The van der Waals surface area contributed by atoms with Crippen molar-refractivity contribution in [1.82, 2.24) is 0 Å². The summed E-state index contributed by atoms with van der Waals surface area (Å²) in [7, 11) is 1.41. The highest BCUT2D eigenvalue weighted by Gasteiger charge is 2.34. The molecule has 19 heavy (non-hydrogen) atoms. The molecule has 0 spiro atoms. The van der Waals surface area contributed by atoms with Gasteiger partial charge in [0.1, 0.15) is 0 Å². The molecule has 1 aliphatic heterocycles. The van der Waals surface area contributed by atoms with Crippen molar-refractivity contribution in [3.63, 3.8) is 0 Å².